The number of anilines is 2. The van der Waals surface area contributed by atoms with Gasteiger partial charge in [0.1, 0.15) is 11.5 Å². The first kappa shape index (κ1) is 11.3. The predicted molar refractivity (Wildman–Crippen MR) is 74.0 cm³/mol. The number of hydrogen-bond acceptors (Lipinski definition) is 5. The summed E-state index contributed by atoms with van der Waals surface area (Å²) in [5, 5.41) is 0. The van der Waals surface area contributed by atoms with Crippen molar-refractivity contribution < 1.29 is 4.42 Å². The molecule has 0 radical (unpaired) electrons. The van der Waals surface area contributed by atoms with E-state index >= 15 is 0 Å². The number of pyridine rings is 2. The highest BCUT2D eigenvalue weighted by Gasteiger charge is 2.14. The average Bonchev–Trinajstić information content (AvgIpc) is 2.96. The number of rotatable bonds is 2. The summed E-state index contributed by atoms with van der Waals surface area (Å²) in [4.78, 5) is 8.33. The third-order valence-corrected chi connectivity index (χ3v) is 2.83. The minimum atomic E-state index is 0.296. The Balaban J connectivity index is 2.26. The number of aromatic nitrogens is 2. The Labute approximate surface area is 109 Å². The summed E-state index contributed by atoms with van der Waals surface area (Å²) in [6.45, 7) is 0. The van der Waals surface area contributed by atoms with Gasteiger partial charge in [-0.3, -0.25) is 4.98 Å². The number of nitrogen functional groups attached to an aromatic ring is 2. The van der Waals surface area contributed by atoms with Crippen LogP contribution in [-0.4, -0.2) is 9.97 Å². The lowest BCUT2D eigenvalue weighted by Gasteiger charge is -2.10. The van der Waals surface area contributed by atoms with Gasteiger partial charge in [-0.1, -0.05) is 0 Å². The molecule has 0 bridgehead atoms. The molecule has 0 aromatic carbocycles. The van der Waals surface area contributed by atoms with Gasteiger partial charge in [0.05, 0.1) is 12.0 Å². The van der Waals surface area contributed by atoms with Crippen molar-refractivity contribution in [3.05, 3.63) is 49.0 Å². The van der Waals surface area contributed by atoms with Crippen molar-refractivity contribution in [2.24, 2.45) is 0 Å². The fourth-order valence-corrected chi connectivity index (χ4v) is 1.90. The first-order valence-corrected chi connectivity index (χ1v) is 5.76. The average molecular weight is 252 g/mol. The van der Waals surface area contributed by atoms with E-state index in [1.807, 2.05) is 18.2 Å². The zero-order valence-electron chi connectivity index (χ0n) is 10.1. The van der Waals surface area contributed by atoms with Crippen molar-refractivity contribution >= 4 is 11.5 Å². The Bertz CT molecular complexity index is 693. The molecule has 0 atom stereocenters. The summed E-state index contributed by atoms with van der Waals surface area (Å²) in [7, 11) is 0. The monoisotopic (exact) mass is 252 g/mol. The lowest BCUT2D eigenvalue weighted by molar-refractivity contribution is 0.580. The van der Waals surface area contributed by atoms with Crippen molar-refractivity contribution in [2.75, 3.05) is 11.5 Å². The maximum absolute atomic E-state index is 5.85. The zero-order valence-corrected chi connectivity index (χ0v) is 10.1. The van der Waals surface area contributed by atoms with Gasteiger partial charge in [-0.2, -0.15) is 0 Å². The van der Waals surface area contributed by atoms with Gasteiger partial charge >= 0.3 is 0 Å². The molecule has 3 aromatic heterocycles. The second-order valence-corrected chi connectivity index (χ2v) is 4.07. The predicted octanol–water partition coefficient (Wildman–Crippen LogP) is 2.57. The normalized spacial score (nSPS) is 10.5. The van der Waals surface area contributed by atoms with Crippen LogP contribution in [0.3, 0.4) is 0 Å². The van der Waals surface area contributed by atoms with Crippen LogP contribution in [0.25, 0.3) is 22.6 Å². The summed E-state index contributed by atoms with van der Waals surface area (Å²) in [5.41, 5.74) is 14.6. The molecule has 0 fully saturated rings. The molecule has 0 aliphatic carbocycles. The van der Waals surface area contributed by atoms with E-state index in [9.17, 15) is 0 Å². The highest BCUT2D eigenvalue weighted by Crippen LogP contribution is 2.33. The topological polar surface area (TPSA) is 91.0 Å². The molecule has 19 heavy (non-hydrogen) atoms. The van der Waals surface area contributed by atoms with E-state index in [0.29, 0.717) is 23.0 Å². The van der Waals surface area contributed by atoms with Gasteiger partial charge in [0, 0.05) is 18.0 Å². The second-order valence-electron chi connectivity index (χ2n) is 4.07. The van der Waals surface area contributed by atoms with E-state index in [4.69, 9.17) is 15.9 Å². The van der Waals surface area contributed by atoms with Crippen LogP contribution in [0.5, 0.6) is 0 Å². The number of furan rings is 1. The molecule has 0 aliphatic rings. The Morgan fingerprint density at radius 1 is 1.05 bits per heavy atom. The van der Waals surface area contributed by atoms with Crippen LogP contribution in [0.15, 0.2) is 53.4 Å². The SMILES string of the molecule is Nc1cc(-c2ccncc2)c(-c2ccco2)nc1N. The summed E-state index contributed by atoms with van der Waals surface area (Å²) < 4.78 is 5.40. The molecule has 4 N–H and O–H groups in total. The first-order chi connectivity index (χ1) is 9.25. The van der Waals surface area contributed by atoms with Crippen LogP contribution >= 0.6 is 0 Å². The van der Waals surface area contributed by atoms with E-state index in [2.05, 4.69) is 9.97 Å². The molecule has 0 unspecified atom stereocenters. The molecule has 94 valence electrons. The molecule has 5 heteroatoms. The third kappa shape index (κ3) is 2.01. The number of nitrogens with zero attached hydrogens (tertiary/aromatic N) is 2. The van der Waals surface area contributed by atoms with Crippen LogP contribution < -0.4 is 11.5 Å². The van der Waals surface area contributed by atoms with Crippen molar-refractivity contribution in [3.63, 3.8) is 0 Å². The van der Waals surface area contributed by atoms with Gasteiger partial charge in [0.15, 0.2) is 5.76 Å². The zero-order chi connectivity index (χ0) is 13.2. The lowest BCUT2D eigenvalue weighted by Crippen LogP contribution is -2.00. The Morgan fingerprint density at radius 3 is 2.53 bits per heavy atom. The second kappa shape index (κ2) is 4.45. The van der Waals surface area contributed by atoms with Crippen LogP contribution in [0.1, 0.15) is 0 Å². The van der Waals surface area contributed by atoms with Crippen LogP contribution in [0, 0.1) is 0 Å². The van der Waals surface area contributed by atoms with E-state index in [1.54, 1.807) is 30.8 Å². The Hall–Kier alpha value is -2.82. The molecule has 0 amide bonds. The number of nitrogens with two attached hydrogens (primary N) is 2. The Morgan fingerprint density at radius 2 is 1.84 bits per heavy atom. The van der Waals surface area contributed by atoms with E-state index in [-0.39, 0.29) is 0 Å². The van der Waals surface area contributed by atoms with Crippen molar-refractivity contribution in [2.45, 2.75) is 0 Å². The number of hydrogen-bond donors (Lipinski definition) is 2. The third-order valence-electron chi connectivity index (χ3n) is 2.83. The lowest BCUT2D eigenvalue weighted by atomic mass is 10.0. The molecule has 0 aliphatic heterocycles. The summed E-state index contributed by atoms with van der Waals surface area (Å²) in [6, 6.07) is 9.22. The Kier molecular flexibility index (Phi) is 2.64. The van der Waals surface area contributed by atoms with Crippen LogP contribution in [0.2, 0.25) is 0 Å². The molecule has 0 saturated carbocycles. The summed E-state index contributed by atoms with van der Waals surface area (Å²) in [6.07, 6.45) is 5.03. The fraction of sp³-hybridized carbons (Fsp3) is 0. The maximum Gasteiger partial charge on any atom is 0.152 e. The first-order valence-electron chi connectivity index (χ1n) is 5.76. The van der Waals surface area contributed by atoms with E-state index < -0.39 is 0 Å². The van der Waals surface area contributed by atoms with Crippen molar-refractivity contribution in [1.82, 2.24) is 9.97 Å². The molecule has 3 heterocycles. The van der Waals surface area contributed by atoms with E-state index in [1.165, 1.54) is 0 Å². The summed E-state index contributed by atoms with van der Waals surface area (Å²) in [5.74, 6) is 0.947. The largest absolute Gasteiger partial charge is 0.463 e. The van der Waals surface area contributed by atoms with Gasteiger partial charge in [0.25, 0.3) is 0 Å². The minimum absolute atomic E-state index is 0.296. The smallest absolute Gasteiger partial charge is 0.152 e. The molecule has 5 nitrogen and oxygen atoms in total. The van der Waals surface area contributed by atoms with Gasteiger partial charge in [-0.05, 0) is 35.9 Å². The van der Waals surface area contributed by atoms with E-state index in [0.717, 1.165) is 11.1 Å². The summed E-state index contributed by atoms with van der Waals surface area (Å²) >= 11 is 0. The van der Waals surface area contributed by atoms with Crippen molar-refractivity contribution in [1.29, 1.82) is 0 Å². The van der Waals surface area contributed by atoms with Gasteiger partial charge in [0.2, 0.25) is 0 Å². The van der Waals surface area contributed by atoms with Crippen LogP contribution in [0.4, 0.5) is 11.5 Å². The quantitative estimate of drug-likeness (QED) is 0.731. The van der Waals surface area contributed by atoms with Gasteiger partial charge < -0.3 is 15.9 Å². The maximum atomic E-state index is 5.85. The minimum Gasteiger partial charge on any atom is -0.463 e. The molecule has 3 rings (SSSR count). The molecular formula is C14H12N4O. The highest BCUT2D eigenvalue weighted by molar-refractivity contribution is 5.83. The van der Waals surface area contributed by atoms with Crippen molar-refractivity contribution in [3.8, 4) is 22.6 Å². The molecule has 0 spiro atoms. The highest BCUT2D eigenvalue weighted by atomic mass is 16.3. The molecule has 0 saturated heterocycles. The molecular weight excluding hydrogens is 240 g/mol. The standard InChI is InChI=1S/C14H12N4O/c15-11-8-10(9-3-5-17-6-4-9)13(18-14(11)16)12-2-1-7-19-12/h1-8H,15H2,(H2,16,18). The van der Waals surface area contributed by atoms with Crippen LogP contribution in [-0.2, 0) is 0 Å². The van der Waals surface area contributed by atoms with Gasteiger partial charge in [-0.15, -0.1) is 0 Å². The van der Waals surface area contributed by atoms with Gasteiger partial charge in [-0.25, -0.2) is 4.98 Å². The molecule has 3 aromatic rings. The fourth-order valence-electron chi connectivity index (χ4n) is 1.90.